The third-order valence-corrected chi connectivity index (χ3v) is 3.54. The molecule has 0 unspecified atom stereocenters. The van der Waals surface area contributed by atoms with Crippen LogP contribution in [0.3, 0.4) is 0 Å². The molecule has 104 valence electrons. The van der Waals surface area contributed by atoms with Gasteiger partial charge in [0, 0.05) is 19.0 Å². The summed E-state index contributed by atoms with van der Waals surface area (Å²) in [4.78, 5) is 25.1. The second-order valence-corrected chi connectivity index (χ2v) is 5.25. The second kappa shape index (κ2) is 6.73. The Balaban J connectivity index is 2.79. The molecule has 1 aliphatic carbocycles. The molecule has 2 amide bonds. The van der Waals surface area contributed by atoms with Gasteiger partial charge in [-0.05, 0) is 26.7 Å². The molecule has 2 atom stereocenters. The van der Waals surface area contributed by atoms with Gasteiger partial charge < -0.3 is 16.0 Å². The van der Waals surface area contributed by atoms with E-state index in [1.54, 1.807) is 6.92 Å². The summed E-state index contributed by atoms with van der Waals surface area (Å²) in [5.41, 5.74) is 5.34. The van der Waals surface area contributed by atoms with Crippen molar-refractivity contribution in [2.45, 2.75) is 64.6 Å². The summed E-state index contributed by atoms with van der Waals surface area (Å²) in [6.45, 7) is 5.62. The highest BCUT2D eigenvalue weighted by atomic mass is 16.2. The van der Waals surface area contributed by atoms with Crippen LogP contribution in [0.4, 0.5) is 0 Å². The summed E-state index contributed by atoms with van der Waals surface area (Å²) in [6, 6.07) is 0.302. The van der Waals surface area contributed by atoms with Gasteiger partial charge in [0.25, 0.3) is 0 Å². The first-order chi connectivity index (χ1) is 8.47. The van der Waals surface area contributed by atoms with E-state index in [-0.39, 0.29) is 36.5 Å². The highest BCUT2D eigenvalue weighted by molar-refractivity contribution is 5.78. The van der Waals surface area contributed by atoms with Crippen molar-refractivity contribution in [2.75, 3.05) is 6.54 Å². The third kappa shape index (κ3) is 3.70. The zero-order valence-corrected chi connectivity index (χ0v) is 11.6. The normalized spacial score (nSPS) is 23.8. The molecule has 0 radical (unpaired) electrons. The van der Waals surface area contributed by atoms with E-state index < -0.39 is 0 Å². The number of hydrogen-bond acceptors (Lipinski definition) is 3. The fourth-order valence-corrected chi connectivity index (χ4v) is 2.86. The largest absolute Gasteiger partial charge is 0.350 e. The molecule has 3 N–H and O–H groups in total. The predicted octanol–water partition coefficient (Wildman–Crippen LogP) is 0.629. The van der Waals surface area contributed by atoms with Gasteiger partial charge in [-0.25, -0.2) is 0 Å². The molecule has 0 spiro atoms. The minimum Gasteiger partial charge on any atom is -0.350 e. The van der Waals surface area contributed by atoms with Gasteiger partial charge in [-0.3, -0.25) is 9.59 Å². The molecule has 0 aromatic rings. The van der Waals surface area contributed by atoms with E-state index in [0.717, 1.165) is 25.7 Å². The molecule has 5 heteroatoms. The molecule has 18 heavy (non-hydrogen) atoms. The summed E-state index contributed by atoms with van der Waals surface area (Å²) in [5.74, 6) is -0.0666. The highest BCUT2D eigenvalue weighted by Crippen LogP contribution is 2.25. The molecule has 0 aromatic heterocycles. The van der Waals surface area contributed by atoms with Crippen molar-refractivity contribution in [3.05, 3.63) is 0 Å². The molecule has 1 saturated carbocycles. The van der Waals surface area contributed by atoms with Gasteiger partial charge in [0.2, 0.25) is 11.8 Å². The van der Waals surface area contributed by atoms with Crippen LogP contribution in [0.2, 0.25) is 0 Å². The van der Waals surface area contributed by atoms with Crippen LogP contribution < -0.4 is 11.1 Å². The lowest BCUT2D eigenvalue weighted by Crippen LogP contribution is -2.57. The van der Waals surface area contributed by atoms with E-state index in [0.29, 0.717) is 0 Å². The molecule has 5 nitrogen and oxygen atoms in total. The summed E-state index contributed by atoms with van der Waals surface area (Å²) in [6.07, 6.45) is 4.08. The lowest BCUT2D eigenvalue weighted by atomic mass is 9.88. The van der Waals surface area contributed by atoms with Gasteiger partial charge in [0.15, 0.2) is 0 Å². The molecule has 0 aromatic carbocycles. The Morgan fingerprint density at radius 2 is 1.94 bits per heavy atom. The lowest BCUT2D eigenvalue weighted by Gasteiger charge is -2.42. The highest BCUT2D eigenvalue weighted by Gasteiger charge is 2.33. The zero-order valence-electron chi connectivity index (χ0n) is 11.6. The predicted molar refractivity (Wildman–Crippen MR) is 70.9 cm³/mol. The van der Waals surface area contributed by atoms with Crippen LogP contribution in [0.15, 0.2) is 0 Å². The van der Waals surface area contributed by atoms with Gasteiger partial charge in [0.05, 0.1) is 12.6 Å². The number of amides is 2. The molecule has 0 bridgehead atoms. The van der Waals surface area contributed by atoms with Crippen LogP contribution in [0, 0.1) is 0 Å². The minimum atomic E-state index is -0.140. The van der Waals surface area contributed by atoms with E-state index in [4.69, 9.17) is 5.73 Å². The summed E-state index contributed by atoms with van der Waals surface area (Å²) in [5, 5.41) is 2.95. The summed E-state index contributed by atoms with van der Waals surface area (Å²) < 4.78 is 0. The molecule has 0 aliphatic heterocycles. The molecule has 0 saturated heterocycles. The first kappa shape index (κ1) is 15.0. The molecular weight excluding hydrogens is 230 g/mol. The van der Waals surface area contributed by atoms with Crippen molar-refractivity contribution >= 4 is 11.8 Å². The van der Waals surface area contributed by atoms with Gasteiger partial charge in [-0.2, -0.15) is 0 Å². The number of rotatable bonds is 4. The smallest absolute Gasteiger partial charge is 0.234 e. The number of nitrogens with zero attached hydrogens (tertiary/aromatic N) is 1. The third-order valence-electron chi connectivity index (χ3n) is 3.54. The maximum Gasteiger partial charge on any atom is 0.234 e. The fraction of sp³-hybridized carbons (Fsp3) is 0.846. The van der Waals surface area contributed by atoms with Crippen LogP contribution in [-0.2, 0) is 9.59 Å². The Morgan fingerprint density at radius 1 is 1.33 bits per heavy atom. The van der Waals surface area contributed by atoms with Crippen molar-refractivity contribution in [3.63, 3.8) is 0 Å². The number of nitrogens with one attached hydrogen (secondary N) is 1. The van der Waals surface area contributed by atoms with Crippen molar-refractivity contribution in [2.24, 2.45) is 5.73 Å². The van der Waals surface area contributed by atoms with Crippen molar-refractivity contribution < 1.29 is 9.59 Å². The molecular formula is C13H25N3O2. The zero-order chi connectivity index (χ0) is 13.7. The Hall–Kier alpha value is -1.10. The molecule has 0 heterocycles. The van der Waals surface area contributed by atoms with Crippen molar-refractivity contribution in [3.8, 4) is 0 Å². The van der Waals surface area contributed by atoms with E-state index in [1.807, 2.05) is 18.7 Å². The molecule has 1 aliphatic rings. The minimum absolute atomic E-state index is 0.00493. The van der Waals surface area contributed by atoms with Crippen LogP contribution in [0.25, 0.3) is 0 Å². The monoisotopic (exact) mass is 255 g/mol. The Bertz CT molecular complexity index is 305. The van der Waals surface area contributed by atoms with Gasteiger partial charge in [-0.1, -0.05) is 12.8 Å². The van der Waals surface area contributed by atoms with Gasteiger partial charge in [-0.15, -0.1) is 0 Å². The Kier molecular flexibility index (Phi) is 5.59. The van der Waals surface area contributed by atoms with Gasteiger partial charge in [0.1, 0.15) is 0 Å². The average Bonchev–Trinajstić information content (AvgIpc) is 2.30. The van der Waals surface area contributed by atoms with Crippen LogP contribution in [0.5, 0.6) is 0 Å². The van der Waals surface area contributed by atoms with E-state index in [9.17, 15) is 9.59 Å². The quantitative estimate of drug-likeness (QED) is 0.773. The average molecular weight is 255 g/mol. The second-order valence-electron chi connectivity index (χ2n) is 5.25. The number of carbonyl (C=O) groups excluding carboxylic acids is 2. The molecule has 1 rings (SSSR count). The number of hydrogen-bond donors (Lipinski definition) is 2. The van der Waals surface area contributed by atoms with E-state index >= 15 is 0 Å². The number of carbonyl (C=O) groups is 2. The Morgan fingerprint density at radius 3 is 2.44 bits per heavy atom. The first-order valence-corrected chi connectivity index (χ1v) is 6.75. The van der Waals surface area contributed by atoms with Crippen molar-refractivity contribution in [1.29, 1.82) is 0 Å². The van der Waals surface area contributed by atoms with Crippen LogP contribution >= 0.6 is 0 Å². The maximum atomic E-state index is 11.8. The van der Waals surface area contributed by atoms with Gasteiger partial charge >= 0.3 is 0 Å². The SMILES string of the molecule is CC(=O)N(C(C)C)[C@H]1CCCC[C@H]1NC(=O)CN. The van der Waals surface area contributed by atoms with Crippen LogP contribution in [0.1, 0.15) is 46.5 Å². The summed E-state index contributed by atoms with van der Waals surface area (Å²) in [7, 11) is 0. The van der Waals surface area contributed by atoms with E-state index in [1.165, 1.54) is 0 Å². The maximum absolute atomic E-state index is 11.8. The first-order valence-electron chi connectivity index (χ1n) is 6.75. The van der Waals surface area contributed by atoms with Crippen LogP contribution in [-0.4, -0.2) is 41.4 Å². The summed E-state index contributed by atoms with van der Waals surface area (Å²) >= 11 is 0. The standard InChI is InChI=1S/C13H25N3O2/c1-9(2)16(10(3)17)12-7-5-4-6-11(12)15-13(18)8-14/h9,11-12H,4-8,14H2,1-3H3,(H,15,18)/t11-,12+/m1/s1. The topological polar surface area (TPSA) is 75.4 Å². The fourth-order valence-electron chi connectivity index (χ4n) is 2.86. The lowest BCUT2D eigenvalue weighted by molar-refractivity contribution is -0.135. The van der Waals surface area contributed by atoms with Crippen molar-refractivity contribution in [1.82, 2.24) is 10.2 Å². The Labute approximate surface area is 109 Å². The molecule has 1 fully saturated rings. The van der Waals surface area contributed by atoms with E-state index in [2.05, 4.69) is 5.32 Å². The number of nitrogens with two attached hydrogens (primary N) is 1.